The number of hydrogen-bond donors (Lipinski definition) is 1. The molecule has 0 bridgehead atoms. The molecule has 1 amide bonds. The Hall–Kier alpha value is -1.36. The van der Waals surface area contributed by atoms with Crippen molar-refractivity contribution in [2.24, 2.45) is 17.8 Å². The smallest absolute Gasteiger partial charge is 0.220 e. The fourth-order valence-corrected chi connectivity index (χ4v) is 4.00. The van der Waals surface area contributed by atoms with Crippen LogP contribution in [-0.4, -0.2) is 20.6 Å². The molecular formula is C18H25NO3S. The first-order chi connectivity index (χ1) is 10.8. The van der Waals surface area contributed by atoms with Gasteiger partial charge in [0.1, 0.15) is 0 Å². The van der Waals surface area contributed by atoms with E-state index < -0.39 is 9.84 Å². The highest BCUT2D eigenvalue weighted by Gasteiger charge is 2.42. The van der Waals surface area contributed by atoms with Crippen LogP contribution in [0, 0.1) is 17.8 Å². The molecule has 2 aliphatic rings. The van der Waals surface area contributed by atoms with E-state index in [1.54, 1.807) is 24.3 Å². The molecule has 1 aromatic rings. The summed E-state index contributed by atoms with van der Waals surface area (Å²) >= 11 is 0. The molecule has 1 aromatic carbocycles. The predicted octanol–water partition coefficient (Wildman–Crippen LogP) is 3.09. The molecule has 1 atom stereocenters. The summed E-state index contributed by atoms with van der Waals surface area (Å²) in [5.41, 5.74) is 0.931. The normalized spacial score (nSPS) is 19.6. The second-order valence-corrected chi connectivity index (χ2v) is 9.19. The molecule has 0 aliphatic heterocycles. The maximum atomic E-state index is 12.3. The van der Waals surface area contributed by atoms with Crippen LogP contribution in [0.5, 0.6) is 0 Å². The van der Waals surface area contributed by atoms with Crippen LogP contribution in [0.2, 0.25) is 0 Å². The van der Waals surface area contributed by atoms with Crippen molar-refractivity contribution in [3.05, 3.63) is 29.8 Å². The number of rotatable bonds is 7. The molecule has 2 fully saturated rings. The summed E-state index contributed by atoms with van der Waals surface area (Å²) in [5.74, 6) is 2.25. The lowest BCUT2D eigenvalue weighted by molar-refractivity contribution is -0.123. The highest BCUT2D eigenvalue weighted by atomic mass is 32.2. The number of benzene rings is 1. The fraction of sp³-hybridized carbons (Fsp3) is 0.611. The van der Waals surface area contributed by atoms with Crippen molar-refractivity contribution in [2.45, 2.75) is 50.0 Å². The number of amides is 1. The maximum Gasteiger partial charge on any atom is 0.220 e. The van der Waals surface area contributed by atoms with Crippen LogP contribution in [0.25, 0.3) is 0 Å². The van der Waals surface area contributed by atoms with E-state index in [1.807, 2.05) is 6.92 Å². The van der Waals surface area contributed by atoms with Crippen molar-refractivity contribution in [1.82, 2.24) is 5.32 Å². The van der Waals surface area contributed by atoms with Crippen molar-refractivity contribution < 1.29 is 13.2 Å². The summed E-state index contributed by atoms with van der Waals surface area (Å²) < 4.78 is 23.0. The van der Waals surface area contributed by atoms with Crippen LogP contribution >= 0.6 is 0 Å². The fourth-order valence-electron chi connectivity index (χ4n) is 3.37. The second-order valence-electron chi connectivity index (χ2n) is 7.17. The summed E-state index contributed by atoms with van der Waals surface area (Å²) in [5, 5.41) is 3.06. The molecule has 0 aromatic heterocycles. The lowest BCUT2D eigenvalue weighted by Crippen LogP contribution is -2.29. The molecule has 0 spiro atoms. The standard InChI is InChI=1S/C18H25NO3S/c1-12(13-7-9-16(10-8-13)23(2,21)22)19-18(20)11-17(14-3-4-14)15-5-6-15/h7-10,12,14-15,17H,3-6,11H2,1-2H3,(H,19,20). The molecule has 126 valence electrons. The van der Waals surface area contributed by atoms with E-state index in [-0.39, 0.29) is 11.9 Å². The van der Waals surface area contributed by atoms with Crippen LogP contribution in [0.3, 0.4) is 0 Å². The highest BCUT2D eigenvalue weighted by Crippen LogP contribution is 2.50. The third kappa shape index (κ3) is 4.34. The number of hydrogen-bond acceptors (Lipinski definition) is 3. The summed E-state index contributed by atoms with van der Waals surface area (Å²) in [6.45, 7) is 1.94. The topological polar surface area (TPSA) is 63.2 Å². The zero-order valence-electron chi connectivity index (χ0n) is 13.8. The van der Waals surface area contributed by atoms with E-state index in [0.717, 1.165) is 17.4 Å². The Morgan fingerprint density at radius 2 is 1.65 bits per heavy atom. The number of carbonyl (C=O) groups excluding carboxylic acids is 1. The quantitative estimate of drug-likeness (QED) is 0.833. The van der Waals surface area contributed by atoms with E-state index >= 15 is 0 Å². The molecule has 2 saturated carbocycles. The first-order valence-electron chi connectivity index (χ1n) is 8.44. The number of nitrogens with one attached hydrogen (secondary N) is 1. The van der Waals surface area contributed by atoms with Gasteiger partial charge in [0.25, 0.3) is 0 Å². The van der Waals surface area contributed by atoms with Gasteiger partial charge in [0.2, 0.25) is 5.91 Å². The summed E-state index contributed by atoms with van der Waals surface area (Å²) in [6, 6.07) is 6.66. The highest BCUT2D eigenvalue weighted by molar-refractivity contribution is 7.90. The molecule has 0 saturated heterocycles. The van der Waals surface area contributed by atoms with Crippen LogP contribution in [0.4, 0.5) is 0 Å². The van der Waals surface area contributed by atoms with E-state index in [4.69, 9.17) is 0 Å². The average molecular weight is 335 g/mol. The Morgan fingerprint density at radius 1 is 1.13 bits per heavy atom. The van der Waals surface area contributed by atoms with Gasteiger partial charge in [-0.2, -0.15) is 0 Å². The van der Waals surface area contributed by atoms with Crippen molar-refractivity contribution in [2.75, 3.05) is 6.26 Å². The van der Waals surface area contributed by atoms with Crippen molar-refractivity contribution in [3.8, 4) is 0 Å². The van der Waals surface area contributed by atoms with Crippen LogP contribution in [0.15, 0.2) is 29.2 Å². The van der Waals surface area contributed by atoms with Gasteiger partial charge in [0, 0.05) is 12.7 Å². The van der Waals surface area contributed by atoms with Crippen LogP contribution < -0.4 is 5.32 Å². The van der Waals surface area contributed by atoms with Crippen molar-refractivity contribution in [1.29, 1.82) is 0 Å². The van der Waals surface area contributed by atoms with Crippen LogP contribution in [0.1, 0.15) is 50.6 Å². The van der Waals surface area contributed by atoms with E-state index in [2.05, 4.69) is 5.32 Å². The first kappa shape index (κ1) is 16.5. The van der Waals surface area contributed by atoms with Gasteiger partial charge in [0.15, 0.2) is 9.84 Å². The van der Waals surface area contributed by atoms with Gasteiger partial charge < -0.3 is 5.32 Å². The van der Waals surface area contributed by atoms with Gasteiger partial charge in [-0.15, -0.1) is 0 Å². The lowest BCUT2D eigenvalue weighted by Gasteiger charge is -2.19. The second kappa shape index (κ2) is 6.27. The monoisotopic (exact) mass is 335 g/mol. The molecule has 0 radical (unpaired) electrons. The average Bonchev–Trinajstić information content (AvgIpc) is 3.37. The molecule has 2 aliphatic carbocycles. The number of carbonyl (C=O) groups is 1. The van der Waals surface area contributed by atoms with E-state index in [1.165, 1.54) is 31.9 Å². The van der Waals surface area contributed by atoms with E-state index in [9.17, 15) is 13.2 Å². The van der Waals surface area contributed by atoms with Crippen molar-refractivity contribution >= 4 is 15.7 Å². The molecule has 5 heteroatoms. The predicted molar refractivity (Wildman–Crippen MR) is 89.7 cm³/mol. The van der Waals surface area contributed by atoms with Gasteiger partial charge in [-0.1, -0.05) is 12.1 Å². The SMILES string of the molecule is CC(NC(=O)CC(C1CC1)C1CC1)c1ccc(S(C)(=O)=O)cc1. The van der Waals surface area contributed by atoms with Crippen molar-refractivity contribution in [3.63, 3.8) is 0 Å². The minimum Gasteiger partial charge on any atom is -0.350 e. The Morgan fingerprint density at radius 3 is 2.09 bits per heavy atom. The third-order valence-electron chi connectivity index (χ3n) is 5.06. The zero-order valence-corrected chi connectivity index (χ0v) is 14.6. The van der Waals surface area contributed by atoms with Gasteiger partial charge in [-0.3, -0.25) is 4.79 Å². The molecule has 23 heavy (non-hydrogen) atoms. The minimum atomic E-state index is -3.18. The third-order valence-corrected chi connectivity index (χ3v) is 6.19. The maximum absolute atomic E-state index is 12.3. The van der Waals surface area contributed by atoms with Gasteiger partial charge in [-0.05, 0) is 68.1 Å². The Bertz CT molecular complexity index is 661. The van der Waals surface area contributed by atoms with E-state index in [0.29, 0.717) is 17.2 Å². The van der Waals surface area contributed by atoms with Gasteiger partial charge >= 0.3 is 0 Å². The lowest BCUT2D eigenvalue weighted by atomic mass is 9.93. The molecular weight excluding hydrogens is 310 g/mol. The Balaban J connectivity index is 1.57. The Labute approximate surface area is 138 Å². The molecule has 1 unspecified atom stereocenters. The summed E-state index contributed by atoms with van der Waals surface area (Å²) in [4.78, 5) is 12.6. The molecule has 4 nitrogen and oxygen atoms in total. The molecule has 3 rings (SSSR count). The largest absolute Gasteiger partial charge is 0.350 e. The van der Waals surface area contributed by atoms with Gasteiger partial charge in [-0.25, -0.2) is 8.42 Å². The Kier molecular flexibility index (Phi) is 4.50. The molecule has 0 heterocycles. The first-order valence-corrected chi connectivity index (χ1v) is 10.3. The number of sulfone groups is 1. The zero-order chi connectivity index (χ0) is 16.6. The summed E-state index contributed by atoms with van der Waals surface area (Å²) in [6.07, 6.45) is 6.99. The minimum absolute atomic E-state index is 0.102. The van der Waals surface area contributed by atoms with Gasteiger partial charge in [0.05, 0.1) is 10.9 Å². The van der Waals surface area contributed by atoms with Crippen LogP contribution in [-0.2, 0) is 14.6 Å². The summed E-state index contributed by atoms with van der Waals surface area (Å²) in [7, 11) is -3.18. The molecule has 1 N–H and O–H groups in total.